The molecular weight excluding hydrogens is 371 g/mol. The lowest BCUT2D eigenvalue weighted by atomic mass is 9.94. The number of anilines is 1. The van der Waals surface area contributed by atoms with Crippen molar-refractivity contribution < 1.29 is 18.1 Å². The second kappa shape index (κ2) is 7.09. The molecule has 0 atom stereocenters. The van der Waals surface area contributed by atoms with Crippen LogP contribution in [0.5, 0.6) is 0 Å². The van der Waals surface area contributed by atoms with Crippen LogP contribution in [-0.4, -0.2) is 62.6 Å². The molecule has 0 bridgehead atoms. The molecule has 2 fully saturated rings. The Balaban J connectivity index is 1.74. The molecule has 0 radical (unpaired) electrons. The highest BCUT2D eigenvalue weighted by atomic mass is 32.2. The van der Waals surface area contributed by atoms with Crippen molar-refractivity contribution in [3.05, 3.63) is 17.5 Å². The minimum Gasteiger partial charge on any atom is -0.371 e. The van der Waals surface area contributed by atoms with E-state index in [-0.39, 0.29) is 11.5 Å². The number of hydrogen-bond donors (Lipinski definition) is 0. The van der Waals surface area contributed by atoms with Crippen LogP contribution in [-0.2, 0) is 19.3 Å². The predicted molar refractivity (Wildman–Crippen MR) is 102 cm³/mol. The van der Waals surface area contributed by atoms with Crippen molar-refractivity contribution in [1.29, 1.82) is 0 Å². The molecule has 150 valence electrons. The van der Waals surface area contributed by atoms with Gasteiger partial charge in [-0.2, -0.15) is 4.36 Å². The van der Waals surface area contributed by atoms with E-state index < -0.39 is 26.9 Å². The van der Waals surface area contributed by atoms with Crippen LogP contribution in [0, 0.1) is 13.8 Å². The zero-order valence-electron chi connectivity index (χ0n) is 16.3. The average Bonchev–Trinajstić information content (AvgIpc) is 2.57. The third-order valence-electron chi connectivity index (χ3n) is 5.01. The average molecular weight is 399 g/mol. The molecule has 0 saturated carbocycles. The molecule has 2 aliphatic heterocycles. The quantitative estimate of drug-likeness (QED) is 0.759. The van der Waals surface area contributed by atoms with E-state index in [1.165, 1.54) is 0 Å². The standard InChI is InChI=1S/C18H27FN4O3S/c1-13-11-14(2)21-16(20-13)23-7-8-26-18(12-23)5-9-27(25,10-6-18)22-15(24)17(3,4)19/h11H,5-10,12H2,1-4H3. The molecule has 1 spiro atoms. The number of ether oxygens (including phenoxy) is 1. The van der Waals surface area contributed by atoms with Crippen LogP contribution in [0.3, 0.4) is 0 Å². The van der Waals surface area contributed by atoms with E-state index >= 15 is 0 Å². The Morgan fingerprint density at radius 2 is 1.89 bits per heavy atom. The van der Waals surface area contributed by atoms with Gasteiger partial charge in [0.15, 0.2) is 5.67 Å². The maximum absolute atomic E-state index is 13.7. The van der Waals surface area contributed by atoms with Gasteiger partial charge in [0, 0.05) is 29.4 Å². The molecule has 27 heavy (non-hydrogen) atoms. The zero-order chi connectivity index (χ0) is 19.9. The van der Waals surface area contributed by atoms with Gasteiger partial charge >= 0.3 is 0 Å². The van der Waals surface area contributed by atoms with E-state index in [0.717, 1.165) is 25.2 Å². The largest absolute Gasteiger partial charge is 0.371 e. The SMILES string of the molecule is Cc1cc(C)nc(N2CCOC3(CCS(=O)(=NC(=O)C(C)(C)F)CC3)C2)n1. The van der Waals surface area contributed by atoms with Crippen molar-refractivity contribution in [2.75, 3.05) is 36.1 Å². The number of amides is 1. The van der Waals surface area contributed by atoms with Gasteiger partial charge in [0.2, 0.25) is 5.95 Å². The second-order valence-electron chi connectivity index (χ2n) is 7.95. The summed E-state index contributed by atoms with van der Waals surface area (Å²) in [5.41, 5.74) is -0.728. The summed E-state index contributed by atoms with van der Waals surface area (Å²) in [5.74, 6) is 0.200. The Kier molecular flexibility index (Phi) is 5.28. The number of halogens is 1. The predicted octanol–water partition coefficient (Wildman–Crippen LogP) is 2.21. The smallest absolute Gasteiger partial charge is 0.290 e. The zero-order valence-corrected chi connectivity index (χ0v) is 17.1. The maximum atomic E-state index is 13.7. The number of aryl methyl sites for hydroxylation is 2. The van der Waals surface area contributed by atoms with Gasteiger partial charge < -0.3 is 9.64 Å². The number of rotatable bonds is 2. The first-order valence-electron chi connectivity index (χ1n) is 9.17. The van der Waals surface area contributed by atoms with Gasteiger partial charge in [0.05, 0.1) is 28.5 Å². The molecule has 3 heterocycles. The summed E-state index contributed by atoms with van der Waals surface area (Å²) in [6, 6.07) is 1.93. The van der Waals surface area contributed by atoms with Gasteiger partial charge in [-0.3, -0.25) is 4.79 Å². The van der Waals surface area contributed by atoms with Crippen LogP contribution in [0.1, 0.15) is 38.1 Å². The Morgan fingerprint density at radius 3 is 2.44 bits per heavy atom. The van der Waals surface area contributed by atoms with E-state index in [1.54, 1.807) is 0 Å². The molecule has 1 aromatic rings. The van der Waals surface area contributed by atoms with E-state index in [4.69, 9.17) is 4.74 Å². The van der Waals surface area contributed by atoms with Gasteiger partial charge in [-0.1, -0.05) is 0 Å². The molecule has 3 rings (SSSR count). The van der Waals surface area contributed by atoms with E-state index in [0.29, 0.717) is 38.5 Å². The lowest BCUT2D eigenvalue weighted by Gasteiger charge is -2.45. The van der Waals surface area contributed by atoms with Gasteiger partial charge in [-0.05, 0) is 46.6 Å². The fraction of sp³-hybridized carbons (Fsp3) is 0.722. The molecule has 2 saturated heterocycles. The van der Waals surface area contributed by atoms with Crippen molar-refractivity contribution in [1.82, 2.24) is 9.97 Å². The molecule has 0 aromatic carbocycles. The highest BCUT2D eigenvalue weighted by Gasteiger charge is 2.42. The van der Waals surface area contributed by atoms with Crippen molar-refractivity contribution in [2.24, 2.45) is 4.36 Å². The second-order valence-corrected chi connectivity index (χ2v) is 10.5. The number of morpholine rings is 1. The third-order valence-corrected chi connectivity index (χ3v) is 7.20. The monoisotopic (exact) mass is 398 g/mol. The van der Waals surface area contributed by atoms with Gasteiger partial charge in [-0.25, -0.2) is 18.6 Å². The normalized spacial score (nSPS) is 29.0. The van der Waals surface area contributed by atoms with Crippen LogP contribution < -0.4 is 4.90 Å². The van der Waals surface area contributed by atoms with Gasteiger partial charge in [-0.15, -0.1) is 0 Å². The number of aromatic nitrogens is 2. The number of hydrogen-bond acceptors (Lipinski definition) is 6. The molecule has 0 aliphatic carbocycles. The van der Waals surface area contributed by atoms with Crippen molar-refractivity contribution in [2.45, 2.75) is 51.8 Å². The summed E-state index contributed by atoms with van der Waals surface area (Å²) in [6.45, 7) is 7.98. The van der Waals surface area contributed by atoms with E-state index in [9.17, 15) is 13.4 Å². The first-order valence-corrected chi connectivity index (χ1v) is 11.0. The minimum atomic E-state index is -2.74. The summed E-state index contributed by atoms with van der Waals surface area (Å²) < 4.78 is 36.4. The lowest BCUT2D eigenvalue weighted by molar-refractivity contribution is -0.126. The van der Waals surface area contributed by atoms with Gasteiger partial charge in [0.1, 0.15) is 0 Å². The van der Waals surface area contributed by atoms with Crippen LogP contribution in [0.2, 0.25) is 0 Å². The summed E-state index contributed by atoms with van der Waals surface area (Å²) >= 11 is 0. The highest BCUT2D eigenvalue weighted by Crippen LogP contribution is 2.33. The van der Waals surface area contributed by atoms with E-state index in [2.05, 4.69) is 19.2 Å². The molecule has 2 aliphatic rings. The van der Waals surface area contributed by atoms with Crippen LogP contribution in [0.15, 0.2) is 10.4 Å². The maximum Gasteiger partial charge on any atom is 0.290 e. The van der Waals surface area contributed by atoms with Crippen LogP contribution in [0.4, 0.5) is 10.3 Å². The number of nitrogens with zero attached hydrogens (tertiary/aromatic N) is 4. The summed E-state index contributed by atoms with van der Waals surface area (Å²) in [5, 5.41) is 0. The van der Waals surface area contributed by atoms with Crippen molar-refractivity contribution >= 4 is 21.6 Å². The summed E-state index contributed by atoms with van der Waals surface area (Å²) in [4.78, 5) is 23.0. The van der Waals surface area contributed by atoms with Crippen LogP contribution in [0.25, 0.3) is 0 Å². The third kappa shape index (κ3) is 4.63. The van der Waals surface area contributed by atoms with E-state index in [1.807, 2.05) is 19.9 Å². The Bertz CT molecular complexity index is 824. The summed E-state index contributed by atoms with van der Waals surface area (Å²) in [6.07, 6.45) is 1.02. The molecule has 0 N–H and O–H groups in total. The fourth-order valence-corrected chi connectivity index (χ4v) is 5.72. The number of carbonyl (C=O) groups is 1. The number of carbonyl (C=O) groups excluding carboxylic acids is 1. The molecule has 1 aromatic heterocycles. The Hall–Kier alpha value is -1.61. The first kappa shape index (κ1) is 20.1. The Labute approximate surface area is 159 Å². The lowest BCUT2D eigenvalue weighted by Crippen LogP contribution is -2.55. The van der Waals surface area contributed by atoms with Gasteiger partial charge in [0.25, 0.3) is 5.91 Å². The molecular formula is C18H27FN4O3S. The topological polar surface area (TPSA) is 84.8 Å². The minimum absolute atomic E-state index is 0.233. The summed E-state index contributed by atoms with van der Waals surface area (Å²) in [7, 11) is -2.74. The number of alkyl halides is 1. The molecule has 9 heteroatoms. The molecule has 7 nitrogen and oxygen atoms in total. The van der Waals surface area contributed by atoms with Crippen LogP contribution >= 0.6 is 0 Å². The highest BCUT2D eigenvalue weighted by molar-refractivity contribution is 7.93. The molecule has 0 unspecified atom stereocenters. The Morgan fingerprint density at radius 1 is 1.30 bits per heavy atom. The van der Waals surface area contributed by atoms with Crippen molar-refractivity contribution in [3.8, 4) is 0 Å². The van der Waals surface area contributed by atoms with Crippen molar-refractivity contribution in [3.63, 3.8) is 0 Å². The fourth-order valence-electron chi connectivity index (χ4n) is 3.44. The first-order chi connectivity index (χ1) is 12.5. The molecule has 1 amide bonds.